The summed E-state index contributed by atoms with van der Waals surface area (Å²) in [4.78, 5) is 15.0. The van der Waals surface area contributed by atoms with E-state index in [-0.39, 0.29) is 16.7 Å². The highest BCUT2D eigenvalue weighted by molar-refractivity contribution is 7.92. The van der Waals surface area contributed by atoms with Crippen molar-refractivity contribution < 1.29 is 13.2 Å². The number of rotatable bonds is 5. The second kappa shape index (κ2) is 8.43. The first-order valence-electron chi connectivity index (χ1n) is 11.1. The summed E-state index contributed by atoms with van der Waals surface area (Å²) in [7, 11) is -3.70. The predicted molar refractivity (Wildman–Crippen MR) is 127 cm³/mol. The summed E-state index contributed by atoms with van der Waals surface area (Å²) < 4.78 is 28.5. The number of nitrogens with one attached hydrogen (secondary N) is 1. The van der Waals surface area contributed by atoms with Crippen molar-refractivity contribution in [1.29, 1.82) is 0 Å². The Labute approximate surface area is 189 Å². The van der Waals surface area contributed by atoms with Crippen LogP contribution in [0, 0.1) is 5.92 Å². The normalized spacial score (nSPS) is 16.2. The molecule has 0 saturated heterocycles. The fourth-order valence-electron chi connectivity index (χ4n) is 4.76. The molecule has 1 N–H and O–H groups in total. The lowest BCUT2D eigenvalue weighted by Crippen LogP contribution is -2.33. The third-order valence-corrected chi connectivity index (χ3v) is 7.87. The highest BCUT2D eigenvalue weighted by atomic mass is 32.2. The molecule has 3 aromatic rings. The Morgan fingerprint density at radius 3 is 2.28 bits per heavy atom. The van der Waals surface area contributed by atoms with Crippen molar-refractivity contribution in [1.82, 2.24) is 0 Å². The SMILES string of the molecule is O=C(C1CCCC1)N1CCc2cc(NS(=O)(=O)c3ccc(-c4ccccc4)cc3)ccc21. The molecule has 0 bridgehead atoms. The van der Waals surface area contributed by atoms with Gasteiger partial charge in [0.05, 0.1) is 4.90 Å². The van der Waals surface area contributed by atoms with E-state index in [1.807, 2.05) is 59.5 Å². The molecular weight excluding hydrogens is 420 g/mol. The summed E-state index contributed by atoms with van der Waals surface area (Å²) in [6.07, 6.45) is 4.96. The first-order chi connectivity index (χ1) is 15.5. The lowest BCUT2D eigenvalue weighted by Gasteiger charge is -2.21. The van der Waals surface area contributed by atoms with Crippen LogP contribution in [-0.4, -0.2) is 20.9 Å². The second-order valence-electron chi connectivity index (χ2n) is 8.56. The number of benzene rings is 3. The van der Waals surface area contributed by atoms with Crippen molar-refractivity contribution in [2.24, 2.45) is 5.92 Å². The lowest BCUT2D eigenvalue weighted by molar-refractivity contribution is -0.122. The minimum atomic E-state index is -3.70. The van der Waals surface area contributed by atoms with Crippen LogP contribution in [-0.2, 0) is 21.2 Å². The number of hydrogen-bond donors (Lipinski definition) is 1. The minimum absolute atomic E-state index is 0.137. The standard InChI is InChI=1S/C26H26N2O3S/c29-26(21-8-4-5-9-21)28-17-16-22-18-23(12-15-25(22)28)27-32(30,31)24-13-10-20(11-14-24)19-6-2-1-3-7-19/h1-3,6-7,10-15,18,21,27H,4-5,8-9,16-17H2. The zero-order valence-corrected chi connectivity index (χ0v) is 18.6. The molecule has 6 heteroatoms. The van der Waals surface area contributed by atoms with Crippen molar-refractivity contribution in [2.75, 3.05) is 16.2 Å². The van der Waals surface area contributed by atoms with Crippen molar-refractivity contribution in [3.05, 3.63) is 78.4 Å². The van der Waals surface area contributed by atoms with E-state index in [1.165, 1.54) is 0 Å². The third-order valence-electron chi connectivity index (χ3n) is 6.47. The van der Waals surface area contributed by atoms with Gasteiger partial charge in [-0.3, -0.25) is 9.52 Å². The van der Waals surface area contributed by atoms with Crippen molar-refractivity contribution in [2.45, 2.75) is 37.0 Å². The quantitative estimate of drug-likeness (QED) is 0.583. The molecule has 5 rings (SSSR count). The summed E-state index contributed by atoms with van der Waals surface area (Å²) in [5, 5.41) is 0. The summed E-state index contributed by atoms with van der Waals surface area (Å²) >= 11 is 0. The number of hydrogen-bond acceptors (Lipinski definition) is 3. The molecule has 1 aliphatic heterocycles. The number of carbonyl (C=O) groups is 1. The first kappa shape index (κ1) is 20.8. The molecule has 2 aliphatic rings. The maximum absolute atomic E-state index is 12.9. The van der Waals surface area contributed by atoms with E-state index in [9.17, 15) is 13.2 Å². The molecule has 5 nitrogen and oxygen atoms in total. The number of nitrogens with zero attached hydrogens (tertiary/aromatic N) is 1. The van der Waals surface area contributed by atoms with Crippen LogP contribution in [0.2, 0.25) is 0 Å². The molecule has 164 valence electrons. The van der Waals surface area contributed by atoms with E-state index < -0.39 is 10.0 Å². The number of sulfonamides is 1. The van der Waals surface area contributed by atoms with Gasteiger partial charge in [0, 0.05) is 23.8 Å². The van der Waals surface area contributed by atoms with Gasteiger partial charge in [-0.05, 0) is 66.3 Å². The Balaban J connectivity index is 1.32. The maximum Gasteiger partial charge on any atom is 0.261 e. The minimum Gasteiger partial charge on any atom is -0.312 e. The average molecular weight is 447 g/mol. The fourth-order valence-corrected chi connectivity index (χ4v) is 5.81. The molecule has 3 aromatic carbocycles. The Kier molecular flexibility index (Phi) is 5.47. The monoisotopic (exact) mass is 446 g/mol. The van der Waals surface area contributed by atoms with Gasteiger partial charge in [0.25, 0.3) is 10.0 Å². The number of carbonyl (C=O) groups excluding carboxylic acids is 1. The van der Waals surface area contributed by atoms with Crippen LogP contribution in [0.1, 0.15) is 31.2 Å². The van der Waals surface area contributed by atoms with Gasteiger partial charge >= 0.3 is 0 Å². The number of fused-ring (bicyclic) bond motifs is 1. The van der Waals surface area contributed by atoms with E-state index in [0.29, 0.717) is 12.2 Å². The van der Waals surface area contributed by atoms with Crippen LogP contribution >= 0.6 is 0 Å². The number of anilines is 2. The largest absolute Gasteiger partial charge is 0.312 e. The van der Waals surface area contributed by atoms with Crippen LogP contribution in [0.4, 0.5) is 11.4 Å². The Morgan fingerprint density at radius 1 is 0.875 bits per heavy atom. The summed E-state index contributed by atoms with van der Waals surface area (Å²) in [5.74, 6) is 0.353. The molecule has 1 aliphatic carbocycles. The highest BCUT2D eigenvalue weighted by Crippen LogP contribution is 2.35. The van der Waals surface area contributed by atoms with Crippen molar-refractivity contribution in [3.8, 4) is 11.1 Å². The average Bonchev–Trinajstić information content (AvgIpc) is 3.49. The van der Waals surface area contributed by atoms with Gasteiger partial charge in [-0.15, -0.1) is 0 Å². The Bertz CT molecular complexity index is 1230. The third kappa shape index (κ3) is 4.02. The second-order valence-corrected chi connectivity index (χ2v) is 10.2. The van der Waals surface area contributed by atoms with E-state index in [0.717, 1.165) is 54.5 Å². The molecule has 1 amide bonds. The molecule has 1 fully saturated rings. The van der Waals surface area contributed by atoms with Gasteiger partial charge < -0.3 is 4.90 Å². The zero-order valence-electron chi connectivity index (χ0n) is 17.8. The van der Waals surface area contributed by atoms with Crippen LogP contribution in [0.5, 0.6) is 0 Å². The molecule has 1 heterocycles. The van der Waals surface area contributed by atoms with E-state index in [1.54, 1.807) is 18.2 Å². The van der Waals surface area contributed by atoms with Gasteiger partial charge in [0.1, 0.15) is 0 Å². The Hall–Kier alpha value is -3.12. The number of amides is 1. The molecule has 0 unspecified atom stereocenters. The van der Waals surface area contributed by atoms with Gasteiger partial charge in [-0.2, -0.15) is 0 Å². The van der Waals surface area contributed by atoms with Crippen molar-refractivity contribution in [3.63, 3.8) is 0 Å². The molecule has 0 spiro atoms. The summed E-state index contributed by atoms with van der Waals surface area (Å²) in [6, 6.07) is 22.2. The highest BCUT2D eigenvalue weighted by Gasteiger charge is 2.32. The smallest absolute Gasteiger partial charge is 0.261 e. The summed E-state index contributed by atoms with van der Waals surface area (Å²) in [5.41, 5.74) is 4.45. The van der Waals surface area contributed by atoms with Crippen molar-refractivity contribution >= 4 is 27.3 Å². The molecule has 1 saturated carbocycles. The molecule has 0 radical (unpaired) electrons. The predicted octanol–water partition coefficient (Wildman–Crippen LogP) is 5.23. The fraction of sp³-hybridized carbons (Fsp3) is 0.269. The molecule has 0 atom stereocenters. The topological polar surface area (TPSA) is 66.5 Å². The summed E-state index contributed by atoms with van der Waals surface area (Å²) in [6.45, 7) is 0.668. The Morgan fingerprint density at radius 2 is 1.56 bits per heavy atom. The van der Waals surface area contributed by atoms with Gasteiger partial charge in [-0.1, -0.05) is 55.3 Å². The molecule has 0 aromatic heterocycles. The van der Waals surface area contributed by atoms with Crippen LogP contribution < -0.4 is 9.62 Å². The zero-order chi connectivity index (χ0) is 22.1. The van der Waals surface area contributed by atoms with Gasteiger partial charge in [0.15, 0.2) is 0 Å². The van der Waals surface area contributed by atoms with Gasteiger partial charge in [0.2, 0.25) is 5.91 Å². The maximum atomic E-state index is 12.9. The van der Waals surface area contributed by atoms with E-state index in [4.69, 9.17) is 0 Å². The molecule has 32 heavy (non-hydrogen) atoms. The van der Waals surface area contributed by atoms with Crippen LogP contribution in [0.25, 0.3) is 11.1 Å². The lowest BCUT2D eigenvalue weighted by atomic mass is 10.1. The van der Waals surface area contributed by atoms with E-state index in [2.05, 4.69) is 4.72 Å². The van der Waals surface area contributed by atoms with E-state index >= 15 is 0 Å². The van der Waals surface area contributed by atoms with Crippen LogP contribution in [0.3, 0.4) is 0 Å². The molecular formula is C26H26N2O3S. The van der Waals surface area contributed by atoms with Gasteiger partial charge in [-0.25, -0.2) is 8.42 Å². The first-order valence-corrected chi connectivity index (χ1v) is 12.6. The van der Waals surface area contributed by atoms with Crippen LogP contribution in [0.15, 0.2) is 77.7 Å².